The van der Waals surface area contributed by atoms with Gasteiger partial charge in [0.2, 0.25) is 16.0 Å². The van der Waals surface area contributed by atoms with Crippen molar-refractivity contribution in [1.82, 2.24) is 14.9 Å². The zero-order valence-corrected chi connectivity index (χ0v) is 19.8. The fraction of sp³-hybridized carbons (Fsp3) is 0.364. The van der Waals surface area contributed by atoms with Crippen LogP contribution in [0, 0.1) is 0 Å². The number of sulfonamides is 1. The minimum atomic E-state index is -3.50. The van der Waals surface area contributed by atoms with Crippen molar-refractivity contribution in [2.75, 3.05) is 67.1 Å². The molecule has 0 aliphatic carbocycles. The lowest BCUT2D eigenvalue weighted by molar-refractivity contribution is 0.311. The Hall–Kier alpha value is -2.62. The van der Waals surface area contributed by atoms with Crippen LogP contribution in [0.3, 0.4) is 0 Å². The van der Waals surface area contributed by atoms with Gasteiger partial charge in [0, 0.05) is 50.2 Å². The molecule has 10 heteroatoms. The Morgan fingerprint density at radius 2 is 1.78 bits per heavy atom. The molecule has 0 saturated carbocycles. The molecular weight excluding hydrogens is 448 g/mol. The van der Waals surface area contributed by atoms with Crippen LogP contribution in [0.1, 0.15) is 0 Å². The number of nitrogens with one attached hydrogen (secondary N) is 1. The van der Waals surface area contributed by atoms with Crippen LogP contribution in [-0.4, -0.2) is 75.9 Å². The van der Waals surface area contributed by atoms with E-state index in [4.69, 9.17) is 21.6 Å². The van der Waals surface area contributed by atoms with Crippen molar-refractivity contribution in [2.24, 2.45) is 0 Å². The van der Waals surface area contributed by atoms with Gasteiger partial charge in [0.05, 0.1) is 17.0 Å². The molecule has 4 rings (SSSR count). The zero-order chi connectivity index (χ0) is 22.7. The van der Waals surface area contributed by atoms with E-state index in [1.165, 1.54) is 4.31 Å². The first-order chi connectivity index (χ1) is 15.3. The van der Waals surface area contributed by atoms with Gasteiger partial charge in [-0.3, -0.25) is 4.31 Å². The maximum absolute atomic E-state index is 12.8. The number of rotatable bonds is 7. The van der Waals surface area contributed by atoms with Crippen molar-refractivity contribution >= 4 is 50.0 Å². The van der Waals surface area contributed by atoms with Crippen LogP contribution in [0.5, 0.6) is 0 Å². The van der Waals surface area contributed by atoms with Gasteiger partial charge >= 0.3 is 0 Å². The summed E-state index contributed by atoms with van der Waals surface area (Å²) >= 11 is 6.21. The van der Waals surface area contributed by atoms with Crippen molar-refractivity contribution in [1.29, 1.82) is 0 Å². The molecule has 3 aromatic rings. The van der Waals surface area contributed by atoms with Crippen molar-refractivity contribution in [3.8, 4) is 0 Å². The van der Waals surface area contributed by atoms with Crippen molar-refractivity contribution in [3.63, 3.8) is 0 Å². The molecule has 1 saturated heterocycles. The van der Waals surface area contributed by atoms with Gasteiger partial charge in [0.25, 0.3) is 0 Å². The third-order valence-corrected chi connectivity index (χ3v) is 7.62. The highest BCUT2D eigenvalue weighted by Gasteiger charge is 2.20. The summed E-state index contributed by atoms with van der Waals surface area (Å²) in [6.45, 7) is 3.76. The lowest BCUT2D eigenvalue weighted by Crippen LogP contribution is -2.45. The number of benzene rings is 2. The molecule has 1 aliphatic heterocycles. The van der Waals surface area contributed by atoms with Gasteiger partial charge in [-0.1, -0.05) is 29.8 Å². The number of para-hydroxylation sites is 1. The van der Waals surface area contributed by atoms with E-state index in [1.54, 1.807) is 31.3 Å². The SMILES string of the molecule is CN1CCN(c2nc(NCCS(=O)(=O)N(C)c3ccccc3)c3cc(Cl)ccc3n2)CC1. The van der Waals surface area contributed by atoms with E-state index in [0.717, 1.165) is 37.1 Å². The Kier molecular flexibility index (Phi) is 6.68. The number of fused-ring (bicyclic) bond motifs is 1. The molecule has 0 atom stereocenters. The summed E-state index contributed by atoms with van der Waals surface area (Å²) in [5.41, 5.74) is 1.40. The number of likely N-dealkylation sites (N-methyl/N-ethyl adjacent to an activating group) is 1. The smallest absolute Gasteiger partial charge is 0.236 e. The Labute approximate surface area is 193 Å². The van der Waals surface area contributed by atoms with Gasteiger partial charge < -0.3 is 15.1 Å². The van der Waals surface area contributed by atoms with Crippen LogP contribution < -0.4 is 14.5 Å². The van der Waals surface area contributed by atoms with Crippen LogP contribution in [0.25, 0.3) is 10.9 Å². The van der Waals surface area contributed by atoms with Crippen LogP contribution >= 0.6 is 11.6 Å². The first-order valence-electron chi connectivity index (χ1n) is 10.5. The molecule has 0 unspecified atom stereocenters. The normalized spacial score (nSPS) is 15.2. The Balaban J connectivity index is 1.54. The lowest BCUT2D eigenvalue weighted by Gasteiger charge is -2.32. The second kappa shape index (κ2) is 9.48. The number of piperazine rings is 1. The highest BCUT2D eigenvalue weighted by molar-refractivity contribution is 7.92. The molecule has 0 radical (unpaired) electrons. The molecular formula is C22H27ClN6O2S. The topological polar surface area (TPSA) is 81.7 Å². The van der Waals surface area contributed by atoms with Crippen LogP contribution in [0.15, 0.2) is 48.5 Å². The molecule has 0 bridgehead atoms. The van der Waals surface area contributed by atoms with Gasteiger partial charge in [-0.15, -0.1) is 0 Å². The molecule has 2 heterocycles. The van der Waals surface area contributed by atoms with Gasteiger partial charge in [0.15, 0.2) is 0 Å². The molecule has 32 heavy (non-hydrogen) atoms. The van der Waals surface area contributed by atoms with Crippen molar-refractivity contribution < 1.29 is 8.42 Å². The second-order valence-corrected chi connectivity index (χ2v) is 10.4. The summed E-state index contributed by atoms with van der Waals surface area (Å²) in [5, 5.41) is 4.56. The predicted molar refractivity (Wildman–Crippen MR) is 131 cm³/mol. The first kappa shape index (κ1) is 22.6. The Morgan fingerprint density at radius 3 is 2.50 bits per heavy atom. The number of hydrogen-bond acceptors (Lipinski definition) is 7. The Morgan fingerprint density at radius 1 is 1.06 bits per heavy atom. The number of hydrogen-bond donors (Lipinski definition) is 1. The molecule has 1 N–H and O–H groups in total. The maximum Gasteiger partial charge on any atom is 0.236 e. The minimum Gasteiger partial charge on any atom is -0.368 e. The van der Waals surface area contributed by atoms with E-state index >= 15 is 0 Å². The van der Waals surface area contributed by atoms with E-state index in [2.05, 4.69) is 22.2 Å². The van der Waals surface area contributed by atoms with E-state index in [0.29, 0.717) is 22.5 Å². The number of nitrogens with zero attached hydrogens (tertiary/aromatic N) is 5. The highest BCUT2D eigenvalue weighted by atomic mass is 35.5. The van der Waals surface area contributed by atoms with Crippen LogP contribution in [-0.2, 0) is 10.0 Å². The molecule has 1 fully saturated rings. The maximum atomic E-state index is 12.8. The van der Waals surface area contributed by atoms with Gasteiger partial charge in [-0.25, -0.2) is 13.4 Å². The summed E-state index contributed by atoms with van der Waals surface area (Å²) in [5.74, 6) is 1.15. The molecule has 0 amide bonds. The minimum absolute atomic E-state index is 0.0751. The van der Waals surface area contributed by atoms with Gasteiger partial charge in [-0.05, 0) is 37.4 Å². The monoisotopic (exact) mass is 474 g/mol. The van der Waals surface area contributed by atoms with Crippen molar-refractivity contribution in [2.45, 2.75) is 0 Å². The summed E-state index contributed by atoms with van der Waals surface area (Å²) in [6, 6.07) is 14.5. The number of anilines is 3. The standard InChI is InChI=1S/C22H27ClN6O2S/c1-27-11-13-29(14-12-27)22-25-20-9-8-17(23)16-19(20)21(26-22)24-10-15-32(30,31)28(2)18-6-4-3-5-7-18/h3-9,16H,10-15H2,1-2H3,(H,24,25,26). The summed E-state index contributed by atoms with van der Waals surface area (Å²) in [6.07, 6.45) is 0. The quantitative estimate of drug-likeness (QED) is 0.563. The van der Waals surface area contributed by atoms with Crippen LogP contribution in [0.2, 0.25) is 5.02 Å². The highest BCUT2D eigenvalue weighted by Crippen LogP contribution is 2.27. The van der Waals surface area contributed by atoms with E-state index in [-0.39, 0.29) is 12.3 Å². The van der Waals surface area contributed by atoms with Gasteiger partial charge in [-0.2, -0.15) is 4.98 Å². The number of aromatic nitrogens is 2. The lowest BCUT2D eigenvalue weighted by atomic mass is 10.2. The largest absolute Gasteiger partial charge is 0.368 e. The third kappa shape index (κ3) is 5.06. The molecule has 2 aromatic carbocycles. The zero-order valence-electron chi connectivity index (χ0n) is 18.2. The summed E-state index contributed by atoms with van der Waals surface area (Å²) < 4.78 is 26.9. The molecule has 1 aromatic heterocycles. The third-order valence-electron chi connectivity index (χ3n) is 5.62. The van der Waals surface area contributed by atoms with Crippen LogP contribution in [0.4, 0.5) is 17.5 Å². The molecule has 8 nitrogen and oxygen atoms in total. The first-order valence-corrected chi connectivity index (χ1v) is 12.5. The molecule has 1 aliphatic rings. The van der Waals surface area contributed by atoms with E-state index < -0.39 is 10.0 Å². The summed E-state index contributed by atoms with van der Waals surface area (Å²) in [7, 11) is 0.167. The van der Waals surface area contributed by atoms with Gasteiger partial charge in [0.1, 0.15) is 5.82 Å². The number of halogens is 1. The van der Waals surface area contributed by atoms with Crippen molar-refractivity contribution in [3.05, 3.63) is 53.6 Å². The van der Waals surface area contributed by atoms with E-state index in [1.807, 2.05) is 24.3 Å². The molecule has 0 spiro atoms. The fourth-order valence-electron chi connectivity index (χ4n) is 3.60. The molecule has 170 valence electrons. The summed E-state index contributed by atoms with van der Waals surface area (Å²) in [4.78, 5) is 13.9. The average Bonchev–Trinajstić information content (AvgIpc) is 2.79. The second-order valence-electron chi connectivity index (χ2n) is 7.87. The predicted octanol–water partition coefficient (Wildman–Crippen LogP) is 2.91. The Bertz CT molecular complexity index is 1180. The average molecular weight is 475 g/mol. The fourth-order valence-corrected chi connectivity index (χ4v) is 4.85. The van der Waals surface area contributed by atoms with E-state index in [9.17, 15) is 8.42 Å².